The molecule has 0 aliphatic carbocycles. The number of alkyl halides is 1. The number of benzene rings is 2. The zero-order valence-electron chi connectivity index (χ0n) is 25.5. The summed E-state index contributed by atoms with van der Waals surface area (Å²) in [7, 11) is 0. The van der Waals surface area contributed by atoms with Crippen molar-refractivity contribution in [3.8, 4) is 0 Å². The van der Waals surface area contributed by atoms with E-state index >= 15 is 0 Å². The molecule has 8 nitrogen and oxygen atoms in total. The lowest BCUT2D eigenvalue weighted by Crippen LogP contribution is -2.57. The number of amides is 3. The predicted molar refractivity (Wildman–Crippen MR) is 174 cm³/mol. The van der Waals surface area contributed by atoms with Gasteiger partial charge >= 0.3 is 0 Å². The molecule has 3 unspecified atom stereocenters. The fraction of sp³-hybridized carbons (Fsp3) is 0.457. The van der Waals surface area contributed by atoms with Crippen LogP contribution in [0.1, 0.15) is 36.0 Å². The number of likely N-dealkylation sites (tertiary alicyclic amines) is 1. The Morgan fingerprint density at radius 1 is 1.05 bits per heavy atom. The van der Waals surface area contributed by atoms with Crippen LogP contribution < -0.4 is 4.90 Å². The van der Waals surface area contributed by atoms with Crippen molar-refractivity contribution in [2.45, 2.75) is 62.2 Å². The molecule has 0 saturated carbocycles. The molecular formula is C35H42BrN3O5. The van der Waals surface area contributed by atoms with Gasteiger partial charge in [-0.15, -0.1) is 13.2 Å². The number of halogens is 1. The summed E-state index contributed by atoms with van der Waals surface area (Å²) in [6.45, 7) is 12.9. The maximum Gasteiger partial charge on any atom is 0.253 e. The Labute approximate surface area is 268 Å². The molecule has 3 fully saturated rings. The molecule has 2 aromatic carbocycles. The highest BCUT2D eigenvalue weighted by Gasteiger charge is 2.76. The highest BCUT2D eigenvalue weighted by atomic mass is 79.9. The van der Waals surface area contributed by atoms with Crippen molar-refractivity contribution in [2.75, 3.05) is 31.1 Å². The molecule has 234 valence electrons. The Hall–Kier alpha value is -3.27. The summed E-state index contributed by atoms with van der Waals surface area (Å²) in [5.41, 5.74) is 2.47. The van der Waals surface area contributed by atoms with Crippen LogP contribution in [0.5, 0.6) is 0 Å². The third-order valence-electron chi connectivity index (χ3n) is 9.28. The molecule has 9 heteroatoms. The van der Waals surface area contributed by atoms with E-state index in [4.69, 9.17) is 4.74 Å². The number of carbonyl (C=O) groups excluding carboxylic acids is 3. The average Bonchev–Trinajstić information content (AvgIpc) is 3.59. The second-order valence-electron chi connectivity index (χ2n) is 12.1. The van der Waals surface area contributed by atoms with E-state index in [1.807, 2.05) is 62.4 Å². The van der Waals surface area contributed by atoms with Crippen LogP contribution >= 0.6 is 15.9 Å². The first-order valence-corrected chi connectivity index (χ1v) is 16.3. The molecule has 6 atom stereocenters. The molecular weight excluding hydrogens is 622 g/mol. The number of hydrogen-bond donors (Lipinski definition) is 1. The average molecular weight is 665 g/mol. The molecule has 2 aromatic rings. The number of hydrogen-bond acceptors (Lipinski definition) is 5. The van der Waals surface area contributed by atoms with Crippen LogP contribution in [0.2, 0.25) is 0 Å². The van der Waals surface area contributed by atoms with Crippen molar-refractivity contribution in [3.05, 3.63) is 90.5 Å². The van der Waals surface area contributed by atoms with Crippen LogP contribution in [0.3, 0.4) is 0 Å². The molecule has 0 aromatic heterocycles. The number of aryl methyl sites for hydroxylation is 2. The van der Waals surface area contributed by atoms with Gasteiger partial charge in [0.1, 0.15) is 11.6 Å². The molecule has 3 amide bonds. The number of aliphatic hydroxyl groups is 1. The Morgan fingerprint density at radius 2 is 1.73 bits per heavy atom. The van der Waals surface area contributed by atoms with Crippen LogP contribution in [-0.2, 0) is 25.7 Å². The zero-order valence-corrected chi connectivity index (χ0v) is 27.1. The fourth-order valence-corrected chi connectivity index (χ4v) is 8.47. The highest BCUT2D eigenvalue weighted by Crippen LogP contribution is 2.60. The topological polar surface area (TPSA) is 90.4 Å². The van der Waals surface area contributed by atoms with Crippen LogP contribution in [0.25, 0.3) is 0 Å². The number of rotatable bonds is 13. The molecule has 1 spiro atoms. The van der Waals surface area contributed by atoms with Crippen LogP contribution in [-0.4, -0.2) is 81.4 Å². The number of unbranched alkanes of at least 4 members (excludes halogenated alkanes) is 1. The molecule has 44 heavy (non-hydrogen) atoms. The third-order valence-corrected chi connectivity index (χ3v) is 10.1. The number of ether oxygens (including phenoxy) is 1. The second-order valence-corrected chi connectivity index (χ2v) is 13.3. The van der Waals surface area contributed by atoms with E-state index in [1.54, 1.807) is 26.9 Å². The molecule has 3 heterocycles. The first-order valence-electron chi connectivity index (χ1n) is 15.4. The summed E-state index contributed by atoms with van der Waals surface area (Å²) in [4.78, 5) is 48.6. The molecule has 3 saturated heterocycles. The van der Waals surface area contributed by atoms with E-state index < -0.39 is 29.6 Å². The molecule has 1 N–H and O–H groups in total. The largest absolute Gasteiger partial charge is 0.396 e. The normalized spacial score (nSPS) is 26.9. The summed E-state index contributed by atoms with van der Waals surface area (Å²) in [6, 6.07) is 14.7. The van der Waals surface area contributed by atoms with Crippen LogP contribution in [0.4, 0.5) is 5.69 Å². The van der Waals surface area contributed by atoms with Crippen molar-refractivity contribution in [1.29, 1.82) is 0 Å². The predicted octanol–water partition coefficient (Wildman–Crippen LogP) is 4.56. The van der Waals surface area contributed by atoms with Crippen molar-refractivity contribution >= 4 is 39.3 Å². The summed E-state index contributed by atoms with van der Waals surface area (Å²) < 4.78 is 6.77. The van der Waals surface area contributed by atoms with Gasteiger partial charge in [-0.05, 0) is 49.8 Å². The van der Waals surface area contributed by atoms with Crippen molar-refractivity contribution < 1.29 is 24.2 Å². The van der Waals surface area contributed by atoms with E-state index in [-0.39, 0.29) is 42.2 Å². The van der Waals surface area contributed by atoms with Gasteiger partial charge in [0.2, 0.25) is 11.8 Å². The number of carbonyl (C=O) groups is 3. The van der Waals surface area contributed by atoms with E-state index in [9.17, 15) is 19.5 Å². The van der Waals surface area contributed by atoms with Crippen molar-refractivity contribution in [3.63, 3.8) is 0 Å². The first-order chi connectivity index (χ1) is 21.2. The standard InChI is InChI=1S/C35H42BrN3O5/c1-5-17-37(22-25-15-8-7-9-16-25)32(41)27-28-33(42)39(19-10-11-20-40)31(35(28)21-26(36)30(27)44-35)34(43)38(18-6-2)29-23(3)13-12-14-24(29)4/h5-9,12-16,26-28,30-31,40H,1-2,10-11,17-22H2,3-4H3/t26?,27-,28+,30-,31?,35?/m1/s1. The summed E-state index contributed by atoms with van der Waals surface area (Å²) in [5, 5.41) is 9.52. The van der Waals surface area contributed by atoms with E-state index in [1.165, 1.54) is 0 Å². The third kappa shape index (κ3) is 5.54. The zero-order chi connectivity index (χ0) is 31.6. The van der Waals surface area contributed by atoms with Gasteiger partial charge in [0.15, 0.2) is 0 Å². The number of nitrogens with zero attached hydrogens (tertiary/aromatic N) is 3. The monoisotopic (exact) mass is 663 g/mol. The smallest absolute Gasteiger partial charge is 0.253 e. The Bertz CT molecular complexity index is 1400. The number of para-hydroxylation sites is 1. The Morgan fingerprint density at radius 3 is 2.36 bits per heavy atom. The number of fused-ring (bicyclic) bond motifs is 1. The molecule has 3 aliphatic rings. The van der Waals surface area contributed by atoms with Gasteiger partial charge in [-0.25, -0.2) is 0 Å². The summed E-state index contributed by atoms with van der Waals surface area (Å²) in [6.07, 6.45) is 4.28. The minimum Gasteiger partial charge on any atom is -0.396 e. The summed E-state index contributed by atoms with van der Waals surface area (Å²) >= 11 is 3.79. The minimum atomic E-state index is -1.17. The SMILES string of the molecule is C=CCN(Cc1ccccc1)C(=O)[C@H]1[C@@H]2OC3(CC2Br)C(C(=O)N(CC=C)c2c(C)cccc2C)N(CCCCO)C(=O)[C@H]13. The second kappa shape index (κ2) is 13.4. The molecule has 5 rings (SSSR count). The lowest BCUT2D eigenvalue weighted by atomic mass is 9.70. The van der Waals surface area contributed by atoms with Gasteiger partial charge < -0.3 is 24.5 Å². The quantitative estimate of drug-likeness (QED) is 0.193. The van der Waals surface area contributed by atoms with Crippen molar-refractivity contribution in [1.82, 2.24) is 9.80 Å². The van der Waals surface area contributed by atoms with Crippen LogP contribution in [0, 0.1) is 25.7 Å². The first kappa shape index (κ1) is 32.1. The molecule has 2 bridgehead atoms. The Balaban J connectivity index is 1.57. The maximum absolute atomic E-state index is 14.8. The lowest BCUT2D eigenvalue weighted by molar-refractivity contribution is -0.145. The van der Waals surface area contributed by atoms with Gasteiger partial charge in [0.25, 0.3) is 5.91 Å². The van der Waals surface area contributed by atoms with Gasteiger partial charge in [0, 0.05) is 43.3 Å². The van der Waals surface area contributed by atoms with E-state index in [0.717, 1.165) is 22.4 Å². The van der Waals surface area contributed by atoms with Crippen molar-refractivity contribution in [2.24, 2.45) is 11.8 Å². The van der Waals surface area contributed by atoms with Gasteiger partial charge in [-0.1, -0.05) is 76.6 Å². The van der Waals surface area contributed by atoms with Crippen LogP contribution in [0.15, 0.2) is 73.8 Å². The molecule has 3 aliphatic heterocycles. The lowest BCUT2D eigenvalue weighted by Gasteiger charge is -2.38. The molecule has 0 radical (unpaired) electrons. The number of anilines is 1. The Kier molecular flexibility index (Phi) is 9.77. The maximum atomic E-state index is 14.8. The van der Waals surface area contributed by atoms with E-state index in [2.05, 4.69) is 29.1 Å². The van der Waals surface area contributed by atoms with Gasteiger partial charge in [0.05, 0.1) is 17.9 Å². The minimum absolute atomic E-state index is 0.0145. The van der Waals surface area contributed by atoms with Gasteiger partial charge in [-0.2, -0.15) is 0 Å². The highest BCUT2D eigenvalue weighted by molar-refractivity contribution is 9.09. The van der Waals surface area contributed by atoms with Gasteiger partial charge in [-0.3, -0.25) is 14.4 Å². The summed E-state index contributed by atoms with van der Waals surface area (Å²) in [5.74, 6) is -2.22. The number of aliphatic hydroxyl groups excluding tert-OH is 1. The van der Waals surface area contributed by atoms with E-state index in [0.29, 0.717) is 32.4 Å². The fourth-order valence-electron chi connectivity index (χ4n) is 7.53.